The molecule has 6 heteroatoms. The van der Waals surface area contributed by atoms with Crippen LogP contribution in [-0.4, -0.2) is 73.1 Å². The third-order valence-electron chi connectivity index (χ3n) is 6.80. The minimum atomic E-state index is -0.808. The molecule has 0 unspecified atom stereocenters. The summed E-state index contributed by atoms with van der Waals surface area (Å²) in [5, 5.41) is 10.1. The first-order valence-electron chi connectivity index (χ1n) is 9.95. The fourth-order valence-electron chi connectivity index (χ4n) is 5.21. The number of hydrogen-bond donors (Lipinski definition) is 1. The number of carboxylic acid groups (broad SMARTS) is 1. The minimum absolute atomic E-state index is 0.0246. The van der Waals surface area contributed by atoms with E-state index in [9.17, 15) is 14.7 Å². The molecule has 0 radical (unpaired) electrons. The van der Waals surface area contributed by atoms with Gasteiger partial charge >= 0.3 is 5.97 Å². The molecule has 3 aliphatic rings. The van der Waals surface area contributed by atoms with Crippen LogP contribution in [0.3, 0.4) is 0 Å². The maximum absolute atomic E-state index is 13.1. The van der Waals surface area contributed by atoms with Gasteiger partial charge in [-0.2, -0.15) is 0 Å². The monoisotopic (exact) mass is 371 g/mol. The summed E-state index contributed by atoms with van der Waals surface area (Å²) in [6, 6.07) is 8.09. The Hall–Kier alpha value is -2.08. The maximum Gasteiger partial charge on any atom is 0.313 e. The summed E-state index contributed by atoms with van der Waals surface area (Å²) in [7, 11) is 3.89. The molecule has 1 amide bonds. The van der Waals surface area contributed by atoms with Gasteiger partial charge in [-0.1, -0.05) is 18.9 Å². The standard InChI is InChI=1S/C21H29N3O3/c1-22(2)18-9-5-6-15(10-18)19(25)24-12-16-11-23(17-7-3-4-8-17)13-21(16,14-24)20(26)27/h5-6,9-10,16-17H,3-4,7-8,11-14H2,1-2H3,(H,26,27)/t16-,21-/m1/s1. The molecule has 2 heterocycles. The summed E-state index contributed by atoms with van der Waals surface area (Å²) in [5.74, 6) is -0.775. The van der Waals surface area contributed by atoms with Crippen LogP contribution in [0.2, 0.25) is 0 Å². The summed E-state index contributed by atoms with van der Waals surface area (Å²) in [6.45, 7) is 2.25. The van der Waals surface area contributed by atoms with Gasteiger partial charge in [-0.15, -0.1) is 0 Å². The zero-order valence-corrected chi connectivity index (χ0v) is 16.2. The van der Waals surface area contributed by atoms with Crippen molar-refractivity contribution < 1.29 is 14.7 Å². The average Bonchev–Trinajstić information content (AvgIpc) is 3.35. The van der Waals surface area contributed by atoms with Crippen LogP contribution in [0.4, 0.5) is 5.69 Å². The Balaban J connectivity index is 1.52. The van der Waals surface area contributed by atoms with E-state index in [1.807, 2.05) is 43.3 Å². The van der Waals surface area contributed by atoms with E-state index >= 15 is 0 Å². The van der Waals surface area contributed by atoms with Gasteiger partial charge in [-0.05, 0) is 31.0 Å². The van der Waals surface area contributed by atoms with E-state index in [0.717, 1.165) is 12.2 Å². The van der Waals surface area contributed by atoms with E-state index in [0.29, 0.717) is 31.2 Å². The van der Waals surface area contributed by atoms with E-state index in [4.69, 9.17) is 0 Å². The Morgan fingerprint density at radius 3 is 2.52 bits per heavy atom. The SMILES string of the molecule is CN(C)c1cccc(C(=O)N2C[C@H]3CN(C4CCCC4)C[C@@]3(C(=O)O)C2)c1. The van der Waals surface area contributed by atoms with Crippen molar-refractivity contribution in [1.82, 2.24) is 9.80 Å². The lowest BCUT2D eigenvalue weighted by molar-refractivity contribution is -0.148. The van der Waals surface area contributed by atoms with Crippen LogP contribution >= 0.6 is 0 Å². The molecular weight excluding hydrogens is 342 g/mol. The third kappa shape index (κ3) is 3.10. The molecule has 1 N–H and O–H groups in total. The van der Waals surface area contributed by atoms with E-state index in [1.54, 1.807) is 4.90 Å². The molecule has 1 aliphatic carbocycles. The highest BCUT2D eigenvalue weighted by atomic mass is 16.4. The third-order valence-corrected chi connectivity index (χ3v) is 6.80. The smallest absolute Gasteiger partial charge is 0.313 e. The van der Waals surface area contributed by atoms with Crippen molar-refractivity contribution in [2.45, 2.75) is 31.7 Å². The minimum Gasteiger partial charge on any atom is -0.481 e. The molecule has 2 atom stereocenters. The predicted octanol–water partition coefficient (Wildman–Crippen LogP) is 2.15. The maximum atomic E-state index is 13.1. The Bertz CT molecular complexity index is 744. The van der Waals surface area contributed by atoms with Crippen LogP contribution in [0.1, 0.15) is 36.0 Å². The summed E-state index contributed by atoms with van der Waals surface area (Å²) in [6.07, 6.45) is 4.86. The van der Waals surface area contributed by atoms with E-state index in [2.05, 4.69) is 4.90 Å². The second-order valence-corrected chi connectivity index (χ2v) is 8.66. The molecule has 1 aromatic carbocycles. The van der Waals surface area contributed by atoms with Crippen molar-refractivity contribution in [2.24, 2.45) is 11.3 Å². The number of likely N-dealkylation sites (tertiary alicyclic amines) is 2. The molecule has 3 fully saturated rings. The van der Waals surface area contributed by atoms with Crippen LogP contribution in [-0.2, 0) is 4.79 Å². The van der Waals surface area contributed by atoms with Gasteiger partial charge in [0, 0.05) is 63.5 Å². The van der Waals surface area contributed by atoms with Crippen LogP contribution in [0.5, 0.6) is 0 Å². The fourth-order valence-corrected chi connectivity index (χ4v) is 5.21. The summed E-state index contributed by atoms with van der Waals surface area (Å²) < 4.78 is 0. The number of fused-ring (bicyclic) bond motifs is 1. The molecule has 0 spiro atoms. The molecular formula is C21H29N3O3. The number of rotatable bonds is 4. The largest absolute Gasteiger partial charge is 0.481 e. The van der Waals surface area contributed by atoms with Crippen LogP contribution < -0.4 is 4.90 Å². The molecule has 1 saturated carbocycles. The van der Waals surface area contributed by atoms with Crippen molar-refractivity contribution in [3.8, 4) is 0 Å². The predicted molar refractivity (Wildman–Crippen MR) is 104 cm³/mol. The number of aliphatic carboxylic acids is 1. The number of carbonyl (C=O) groups is 2. The topological polar surface area (TPSA) is 64.1 Å². The van der Waals surface area contributed by atoms with Gasteiger partial charge in [0.05, 0.1) is 0 Å². The lowest BCUT2D eigenvalue weighted by atomic mass is 9.81. The number of carboxylic acids is 1. The van der Waals surface area contributed by atoms with Gasteiger partial charge in [0.2, 0.25) is 0 Å². The van der Waals surface area contributed by atoms with Gasteiger partial charge < -0.3 is 14.9 Å². The van der Waals surface area contributed by atoms with E-state index < -0.39 is 11.4 Å². The number of carbonyl (C=O) groups excluding carboxylic acids is 1. The summed E-state index contributed by atoms with van der Waals surface area (Å²) >= 11 is 0. The molecule has 146 valence electrons. The molecule has 27 heavy (non-hydrogen) atoms. The number of nitrogens with zero attached hydrogens (tertiary/aromatic N) is 3. The molecule has 2 saturated heterocycles. The number of benzene rings is 1. The van der Waals surface area contributed by atoms with Gasteiger partial charge in [0.1, 0.15) is 5.41 Å². The molecule has 0 bridgehead atoms. The Labute approximate surface area is 160 Å². The lowest BCUT2D eigenvalue weighted by Gasteiger charge is -2.29. The Morgan fingerprint density at radius 1 is 1.15 bits per heavy atom. The Morgan fingerprint density at radius 2 is 1.89 bits per heavy atom. The number of amides is 1. The van der Waals surface area contributed by atoms with Crippen molar-refractivity contribution in [2.75, 3.05) is 45.2 Å². The Kier molecular flexibility index (Phi) is 4.62. The van der Waals surface area contributed by atoms with Crippen molar-refractivity contribution in [3.05, 3.63) is 29.8 Å². The van der Waals surface area contributed by atoms with Crippen molar-refractivity contribution in [3.63, 3.8) is 0 Å². The first-order valence-corrected chi connectivity index (χ1v) is 9.95. The molecule has 2 aliphatic heterocycles. The molecule has 6 nitrogen and oxygen atoms in total. The summed E-state index contributed by atoms with van der Waals surface area (Å²) in [5.41, 5.74) is 0.798. The first kappa shape index (κ1) is 18.3. The second-order valence-electron chi connectivity index (χ2n) is 8.66. The van der Waals surface area contributed by atoms with Gasteiger partial charge in [-0.25, -0.2) is 0 Å². The highest BCUT2D eigenvalue weighted by molar-refractivity contribution is 5.96. The van der Waals surface area contributed by atoms with E-state index in [-0.39, 0.29) is 11.8 Å². The zero-order valence-electron chi connectivity index (χ0n) is 16.2. The highest BCUT2D eigenvalue weighted by Crippen LogP contribution is 2.45. The highest BCUT2D eigenvalue weighted by Gasteiger charge is 2.59. The van der Waals surface area contributed by atoms with Gasteiger partial charge in [-0.3, -0.25) is 14.5 Å². The molecule has 1 aromatic rings. The fraction of sp³-hybridized carbons (Fsp3) is 0.619. The molecule has 4 rings (SSSR count). The first-order chi connectivity index (χ1) is 12.9. The zero-order chi connectivity index (χ0) is 19.2. The summed E-state index contributed by atoms with van der Waals surface area (Å²) in [4.78, 5) is 31.4. The van der Waals surface area contributed by atoms with Crippen molar-refractivity contribution >= 4 is 17.6 Å². The molecule has 0 aromatic heterocycles. The second kappa shape index (κ2) is 6.82. The number of anilines is 1. The van der Waals surface area contributed by atoms with Crippen LogP contribution in [0, 0.1) is 11.3 Å². The van der Waals surface area contributed by atoms with Gasteiger partial charge in [0.25, 0.3) is 5.91 Å². The van der Waals surface area contributed by atoms with Crippen molar-refractivity contribution in [1.29, 1.82) is 0 Å². The normalized spacial score (nSPS) is 28.5. The van der Waals surface area contributed by atoms with E-state index in [1.165, 1.54) is 25.7 Å². The quantitative estimate of drug-likeness (QED) is 0.879. The lowest BCUT2D eigenvalue weighted by Crippen LogP contribution is -2.43. The van der Waals surface area contributed by atoms with Crippen LogP contribution in [0.25, 0.3) is 0 Å². The number of hydrogen-bond acceptors (Lipinski definition) is 4. The average molecular weight is 371 g/mol. The van der Waals surface area contributed by atoms with Gasteiger partial charge in [0.15, 0.2) is 0 Å². The van der Waals surface area contributed by atoms with Crippen LogP contribution in [0.15, 0.2) is 24.3 Å².